The van der Waals surface area contributed by atoms with Gasteiger partial charge in [-0.05, 0) is 41.5 Å². The SMILES string of the molecule is O=C1CC(c2cccc(Br)c2)=Nc2ccc(Br)cc2C1. The van der Waals surface area contributed by atoms with E-state index in [-0.39, 0.29) is 5.78 Å². The fourth-order valence-corrected chi connectivity index (χ4v) is 3.09. The smallest absolute Gasteiger partial charge is 0.143 e. The van der Waals surface area contributed by atoms with Gasteiger partial charge >= 0.3 is 0 Å². The van der Waals surface area contributed by atoms with Gasteiger partial charge in [-0.25, -0.2) is 0 Å². The lowest BCUT2D eigenvalue weighted by Crippen LogP contribution is -2.09. The quantitative estimate of drug-likeness (QED) is 0.682. The zero-order chi connectivity index (χ0) is 14.1. The molecule has 0 saturated heterocycles. The van der Waals surface area contributed by atoms with Crippen LogP contribution < -0.4 is 0 Å². The molecule has 1 aliphatic heterocycles. The minimum atomic E-state index is 0.195. The van der Waals surface area contributed by atoms with E-state index >= 15 is 0 Å². The van der Waals surface area contributed by atoms with Crippen molar-refractivity contribution in [2.24, 2.45) is 4.99 Å². The second-order valence-corrected chi connectivity index (χ2v) is 6.57. The largest absolute Gasteiger partial charge is 0.299 e. The molecule has 0 spiro atoms. The van der Waals surface area contributed by atoms with Crippen LogP contribution >= 0.6 is 31.9 Å². The number of ketones is 1. The van der Waals surface area contributed by atoms with Gasteiger partial charge in [-0.15, -0.1) is 0 Å². The maximum atomic E-state index is 12.1. The second-order valence-electron chi connectivity index (χ2n) is 4.73. The van der Waals surface area contributed by atoms with Gasteiger partial charge in [0.05, 0.1) is 11.4 Å². The highest BCUT2D eigenvalue weighted by molar-refractivity contribution is 9.10. The standard InChI is InChI=1S/C16H11Br2NO/c17-12-3-1-2-10(6-12)16-9-14(20)8-11-7-13(18)4-5-15(11)19-16/h1-7H,8-9H2. The van der Waals surface area contributed by atoms with Gasteiger partial charge in [0, 0.05) is 21.8 Å². The van der Waals surface area contributed by atoms with Crippen molar-refractivity contribution in [3.8, 4) is 0 Å². The molecule has 20 heavy (non-hydrogen) atoms. The average Bonchev–Trinajstić information content (AvgIpc) is 2.56. The summed E-state index contributed by atoms with van der Waals surface area (Å²) < 4.78 is 1.97. The number of carbonyl (C=O) groups is 1. The Morgan fingerprint density at radius 3 is 2.55 bits per heavy atom. The molecule has 0 unspecified atom stereocenters. The molecule has 4 heteroatoms. The zero-order valence-electron chi connectivity index (χ0n) is 10.6. The van der Waals surface area contributed by atoms with Crippen LogP contribution in [-0.4, -0.2) is 11.5 Å². The molecule has 0 bridgehead atoms. The molecule has 2 aromatic rings. The minimum Gasteiger partial charge on any atom is -0.299 e. The van der Waals surface area contributed by atoms with Crippen molar-refractivity contribution in [3.63, 3.8) is 0 Å². The Bertz CT molecular complexity index is 722. The van der Waals surface area contributed by atoms with E-state index < -0.39 is 0 Å². The highest BCUT2D eigenvalue weighted by Crippen LogP contribution is 2.29. The topological polar surface area (TPSA) is 29.4 Å². The van der Waals surface area contributed by atoms with Crippen molar-refractivity contribution in [1.82, 2.24) is 0 Å². The first-order chi connectivity index (χ1) is 9.61. The number of hydrogen-bond acceptors (Lipinski definition) is 2. The molecule has 0 radical (unpaired) electrons. The number of nitrogens with zero attached hydrogens (tertiary/aromatic N) is 1. The summed E-state index contributed by atoms with van der Waals surface area (Å²) in [7, 11) is 0. The van der Waals surface area contributed by atoms with Gasteiger partial charge in [0.25, 0.3) is 0 Å². The van der Waals surface area contributed by atoms with Gasteiger partial charge in [-0.3, -0.25) is 9.79 Å². The van der Waals surface area contributed by atoms with Crippen molar-refractivity contribution in [3.05, 3.63) is 62.5 Å². The van der Waals surface area contributed by atoms with Gasteiger partial charge < -0.3 is 0 Å². The maximum absolute atomic E-state index is 12.1. The zero-order valence-corrected chi connectivity index (χ0v) is 13.7. The number of benzene rings is 2. The Kier molecular flexibility index (Phi) is 3.85. The van der Waals surface area contributed by atoms with Crippen molar-refractivity contribution in [2.45, 2.75) is 12.8 Å². The van der Waals surface area contributed by atoms with E-state index in [0.29, 0.717) is 12.8 Å². The summed E-state index contributed by atoms with van der Waals surface area (Å²) in [5.41, 5.74) is 3.68. The summed E-state index contributed by atoms with van der Waals surface area (Å²) in [6, 6.07) is 13.8. The van der Waals surface area contributed by atoms with Crippen LogP contribution in [0, 0.1) is 0 Å². The highest BCUT2D eigenvalue weighted by Gasteiger charge is 2.18. The summed E-state index contributed by atoms with van der Waals surface area (Å²) in [5.74, 6) is 0.195. The van der Waals surface area contributed by atoms with Crippen molar-refractivity contribution in [1.29, 1.82) is 0 Å². The van der Waals surface area contributed by atoms with Gasteiger partial charge in [0.1, 0.15) is 5.78 Å². The van der Waals surface area contributed by atoms with Crippen molar-refractivity contribution >= 4 is 49.0 Å². The third-order valence-electron chi connectivity index (χ3n) is 3.21. The summed E-state index contributed by atoms with van der Waals surface area (Å²) in [6.07, 6.45) is 0.818. The lowest BCUT2D eigenvalue weighted by molar-refractivity contribution is -0.117. The predicted octanol–water partition coefficient (Wildman–Crippen LogP) is 4.85. The van der Waals surface area contributed by atoms with E-state index in [9.17, 15) is 4.79 Å². The normalized spacial score (nSPS) is 14.5. The first kappa shape index (κ1) is 13.7. The molecule has 0 atom stereocenters. The maximum Gasteiger partial charge on any atom is 0.143 e. The van der Waals surface area contributed by atoms with Crippen LogP contribution in [0.5, 0.6) is 0 Å². The molecule has 1 aliphatic rings. The highest BCUT2D eigenvalue weighted by atomic mass is 79.9. The van der Waals surface area contributed by atoms with Gasteiger partial charge in [-0.2, -0.15) is 0 Å². The van der Waals surface area contributed by atoms with E-state index in [1.54, 1.807) is 0 Å². The van der Waals surface area contributed by atoms with Gasteiger partial charge in [0.15, 0.2) is 0 Å². The predicted molar refractivity (Wildman–Crippen MR) is 87.8 cm³/mol. The van der Waals surface area contributed by atoms with E-state index in [4.69, 9.17) is 4.99 Å². The van der Waals surface area contributed by atoms with E-state index in [0.717, 1.165) is 31.5 Å². The third kappa shape index (κ3) is 2.91. The minimum absolute atomic E-state index is 0.195. The molecule has 0 aromatic heterocycles. The average molecular weight is 393 g/mol. The molecule has 0 N–H and O–H groups in total. The number of Topliss-reactive ketones (excluding diaryl/α,β-unsaturated/α-hetero) is 1. The Hall–Kier alpha value is -1.26. The summed E-state index contributed by atoms with van der Waals surface area (Å²) in [6.45, 7) is 0. The molecule has 0 saturated carbocycles. The molecule has 1 heterocycles. The molecule has 2 aromatic carbocycles. The number of halogens is 2. The van der Waals surface area contributed by atoms with Crippen LogP contribution in [0.1, 0.15) is 17.5 Å². The Labute approximate surface area is 134 Å². The number of rotatable bonds is 1. The van der Waals surface area contributed by atoms with E-state index in [1.807, 2.05) is 42.5 Å². The van der Waals surface area contributed by atoms with E-state index in [2.05, 4.69) is 31.9 Å². The number of carbonyl (C=O) groups excluding carboxylic acids is 1. The second kappa shape index (κ2) is 5.62. The first-order valence-corrected chi connectivity index (χ1v) is 7.84. The van der Waals surface area contributed by atoms with Crippen molar-refractivity contribution < 1.29 is 4.79 Å². The molecule has 0 amide bonds. The monoisotopic (exact) mass is 391 g/mol. The lowest BCUT2D eigenvalue weighted by atomic mass is 10.0. The third-order valence-corrected chi connectivity index (χ3v) is 4.19. The molecular weight excluding hydrogens is 382 g/mol. The molecular formula is C16H11Br2NO. The number of aliphatic imine (C=N–C) groups is 1. The van der Waals surface area contributed by atoms with E-state index in [1.165, 1.54) is 0 Å². The molecule has 2 nitrogen and oxygen atoms in total. The molecule has 0 aliphatic carbocycles. The van der Waals surface area contributed by atoms with Crippen LogP contribution in [0.2, 0.25) is 0 Å². The van der Waals surface area contributed by atoms with Gasteiger partial charge in [-0.1, -0.05) is 44.0 Å². The van der Waals surface area contributed by atoms with Crippen LogP contribution in [0.4, 0.5) is 5.69 Å². The Morgan fingerprint density at radius 2 is 1.75 bits per heavy atom. The molecule has 100 valence electrons. The number of hydrogen-bond donors (Lipinski definition) is 0. The van der Waals surface area contributed by atoms with Crippen LogP contribution in [0.3, 0.4) is 0 Å². The summed E-state index contributed by atoms with van der Waals surface area (Å²) in [5, 5.41) is 0. The Morgan fingerprint density at radius 1 is 0.950 bits per heavy atom. The summed E-state index contributed by atoms with van der Waals surface area (Å²) >= 11 is 6.90. The van der Waals surface area contributed by atoms with Crippen LogP contribution in [0.25, 0.3) is 0 Å². The molecule has 0 fully saturated rings. The molecule has 3 rings (SSSR count). The number of fused-ring (bicyclic) bond motifs is 1. The van der Waals surface area contributed by atoms with Gasteiger partial charge in [0.2, 0.25) is 0 Å². The lowest BCUT2D eigenvalue weighted by Gasteiger charge is -2.04. The fourth-order valence-electron chi connectivity index (χ4n) is 2.29. The fraction of sp³-hybridized carbons (Fsp3) is 0.125. The first-order valence-electron chi connectivity index (χ1n) is 6.25. The Balaban J connectivity index is 2.11. The summed E-state index contributed by atoms with van der Waals surface area (Å²) in [4.78, 5) is 16.8. The van der Waals surface area contributed by atoms with Crippen LogP contribution in [0.15, 0.2) is 56.4 Å². The van der Waals surface area contributed by atoms with Crippen molar-refractivity contribution in [2.75, 3.05) is 0 Å². The van der Waals surface area contributed by atoms with Crippen LogP contribution in [-0.2, 0) is 11.2 Å².